The summed E-state index contributed by atoms with van der Waals surface area (Å²) in [5.74, 6) is 1.99. The van der Waals surface area contributed by atoms with Crippen LogP contribution in [0.4, 0.5) is 0 Å². The summed E-state index contributed by atoms with van der Waals surface area (Å²) in [7, 11) is 3.23. The number of rotatable bonds is 8. The number of ether oxygens (including phenoxy) is 3. The van der Waals surface area contributed by atoms with Gasteiger partial charge in [-0.05, 0) is 26.0 Å². The average Bonchev–Trinajstić information content (AvgIpc) is 2.36. The molecule has 0 atom stereocenters. The summed E-state index contributed by atoms with van der Waals surface area (Å²) in [6.07, 6.45) is 0. The van der Waals surface area contributed by atoms with Crippen molar-refractivity contribution >= 4 is 12.6 Å². The number of para-hydroxylation sites is 1. The van der Waals surface area contributed by atoms with Crippen LogP contribution in [-0.2, 0) is 0 Å². The van der Waals surface area contributed by atoms with Crippen molar-refractivity contribution in [2.45, 2.75) is 18.6 Å². The normalized spacial score (nSPS) is 11.2. The fourth-order valence-corrected chi connectivity index (χ4v) is 1.69. The van der Waals surface area contributed by atoms with Crippen LogP contribution in [0, 0.1) is 0 Å². The summed E-state index contributed by atoms with van der Waals surface area (Å²) in [5.41, 5.74) is 0. The van der Waals surface area contributed by atoms with Crippen molar-refractivity contribution < 1.29 is 14.2 Å². The quantitative estimate of drug-likeness (QED) is 0.568. The highest BCUT2D eigenvalue weighted by molar-refractivity contribution is 7.81. The van der Waals surface area contributed by atoms with Gasteiger partial charge >= 0.3 is 0 Å². The minimum atomic E-state index is -0.0257. The molecule has 0 spiro atoms. The predicted molar refractivity (Wildman–Crippen MR) is 81.0 cm³/mol. The lowest BCUT2D eigenvalue weighted by molar-refractivity contribution is 0.273. The van der Waals surface area contributed by atoms with Gasteiger partial charge in [-0.15, -0.1) is 0 Å². The number of hydrogen-bond acceptors (Lipinski definition) is 5. The maximum atomic E-state index is 5.73. The third kappa shape index (κ3) is 5.61. The van der Waals surface area contributed by atoms with Gasteiger partial charge in [0.05, 0.1) is 14.2 Å². The molecule has 0 unspecified atom stereocenters. The van der Waals surface area contributed by atoms with Crippen molar-refractivity contribution in [2.75, 3.05) is 33.9 Å². The summed E-state index contributed by atoms with van der Waals surface area (Å²) < 4.78 is 16.2. The molecule has 1 rings (SSSR count). The fourth-order valence-electron chi connectivity index (χ4n) is 1.58. The lowest BCUT2D eigenvalue weighted by Gasteiger charge is -2.18. The molecular formula is C14H23NO3S. The Labute approximate surface area is 120 Å². The molecule has 1 aromatic rings. The molecular weight excluding hydrogens is 262 g/mol. The molecule has 108 valence electrons. The fraction of sp³-hybridized carbons (Fsp3) is 0.571. The molecule has 0 saturated carbocycles. The number of thiol groups is 1. The predicted octanol–water partition coefficient (Wildman–Crippen LogP) is 2.38. The molecule has 1 aromatic carbocycles. The van der Waals surface area contributed by atoms with E-state index in [-0.39, 0.29) is 4.75 Å². The maximum absolute atomic E-state index is 5.73. The largest absolute Gasteiger partial charge is 0.493 e. The molecule has 0 saturated heterocycles. The van der Waals surface area contributed by atoms with Crippen molar-refractivity contribution in [1.82, 2.24) is 5.32 Å². The summed E-state index contributed by atoms with van der Waals surface area (Å²) in [6.45, 7) is 6.23. The Kier molecular flexibility index (Phi) is 6.31. The van der Waals surface area contributed by atoms with Gasteiger partial charge in [-0.3, -0.25) is 0 Å². The number of methoxy groups -OCH3 is 2. The Morgan fingerprint density at radius 2 is 1.74 bits per heavy atom. The van der Waals surface area contributed by atoms with E-state index < -0.39 is 0 Å². The van der Waals surface area contributed by atoms with E-state index in [4.69, 9.17) is 14.2 Å². The van der Waals surface area contributed by atoms with Crippen molar-refractivity contribution in [3.8, 4) is 17.2 Å². The van der Waals surface area contributed by atoms with Gasteiger partial charge in [-0.1, -0.05) is 6.07 Å². The number of hydrogen-bond donors (Lipinski definition) is 2. The van der Waals surface area contributed by atoms with Gasteiger partial charge in [0.25, 0.3) is 0 Å². The highest BCUT2D eigenvalue weighted by atomic mass is 32.1. The van der Waals surface area contributed by atoms with E-state index in [0.29, 0.717) is 23.9 Å². The molecule has 0 fully saturated rings. The van der Waals surface area contributed by atoms with Gasteiger partial charge in [0.2, 0.25) is 5.75 Å². The zero-order valence-corrected chi connectivity index (χ0v) is 12.9. The molecule has 0 radical (unpaired) electrons. The van der Waals surface area contributed by atoms with Crippen molar-refractivity contribution in [1.29, 1.82) is 0 Å². The van der Waals surface area contributed by atoms with E-state index in [9.17, 15) is 0 Å². The first-order valence-corrected chi connectivity index (χ1v) is 6.69. The van der Waals surface area contributed by atoms with Crippen LogP contribution < -0.4 is 19.5 Å². The van der Waals surface area contributed by atoms with Gasteiger partial charge in [0.1, 0.15) is 6.61 Å². The molecule has 5 heteroatoms. The molecule has 0 aliphatic heterocycles. The summed E-state index contributed by atoms with van der Waals surface area (Å²) in [6, 6.07) is 5.57. The third-order valence-electron chi connectivity index (χ3n) is 2.47. The van der Waals surface area contributed by atoms with Gasteiger partial charge in [0.15, 0.2) is 11.5 Å². The first-order valence-electron chi connectivity index (χ1n) is 6.25. The van der Waals surface area contributed by atoms with Crippen LogP contribution in [0.3, 0.4) is 0 Å². The Bertz CT molecular complexity index is 369. The molecule has 0 aliphatic rings. The second-order valence-electron chi connectivity index (χ2n) is 4.83. The highest BCUT2D eigenvalue weighted by Gasteiger charge is 2.12. The maximum Gasteiger partial charge on any atom is 0.203 e. The van der Waals surface area contributed by atoms with Crippen molar-refractivity contribution in [2.24, 2.45) is 0 Å². The molecule has 0 bridgehead atoms. The smallest absolute Gasteiger partial charge is 0.203 e. The van der Waals surface area contributed by atoms with Gasteiger partial charge in [0, 0.05) is 17.8 Å². The lowest BCUT2D eigenvalue weighted by atomic mass is 10.2. The van der Waals surface area contributed by atoms with Crippen LogP contribution in [0.25, 0.3) is 0 Å². The van der Waals surface area contributed by atoms with E-state index in [0.717, 1.165) is 13.1 Å². The topological polar surface area (TPSA) is 39.7 Å². The van der Waals surface area contributed by atoms with E-state index >= 15 is 0 Å². The zero-order valence-electron chi connectivity index (χ0n) is 12.0. The molecule has 0 amide bonds. The first-order chi connectivity index (χ1) is 8.98. The third-order valence-corrected chi connectivity index (χ3v) is 2.62. The molecule has 0 heterocycles. The van der Waals surface area contributed by atoms with Crippen LogP contribution in [-0.4, -0.2) is 38.7 Å². The van der Waals surface area contributed by atoms with Crippen LogP contribution in [0.1, 0.15) is 13.8 Å². The Morgan fingerprint density at radius 3 is 2.21 bits per heavy atom. The highest BCUT2D eigenvalue weighted by Crippen LogP contribution is 2.36. The van der Waals surface area contributed by atoms with Crippen LogP contribution >= 0.6 is 12.6 Å². The number of benzene rings is 1. The van der Waals surface area contributed by atoms with E-state index in [2.05, 4.69) is 31.8 Å². The molecule has 0 aliphatic carbocycles. The molecule has 1 N–H and O–H groups in total. The van der Waals surface area contributed by atoms with Gasteiger partial charge < -0.3 is 19.5 Å². The Balaban J connectivity index is 2.48. The van der Waals surface area contributed by atoms with Gasteiger partial charge in [-0.25, -0.2) is 0 Å². The summed E-state index contributed by atoms with van der Waals surface area (Å²) in [5, 5.41) is 3.29. The average molecular weight is 285 g/mol. The minimum Gasteiger partial charge on any atom is -0.493 e. The summed E-state index contributed by atoms with van der Waals surface area (Å²) in [4.78, 5) is 0. The van der Waals surface area contributed by atoms with Crippen LogP contribution in [0.5, 0.6) is 17.2 Å². The molecule has 0 aromatic heterocycles. The van der Waals surface area contributed by atoms with Crippen LogP contribution in [0.2, 0.25) is 0 Å². The minimum absolute atomic E-state index is 0.0257. The Morgan fingerprint density at radius 1 is 1.16 bits per heavy atom. The monoisotopic (exact) mass is 285 g/mol. The zero-order chi connectivity index (χ0) is 14.3. The number of nitrogens with one attached hydrogen (secondary N) is 1. The van der Waals surface area contributed by atoms with Crippen molar-refractivity contribution in [3.05, 3.63) is 18.2 Å². The SMILES string of the molecule is COc1cccc(OC)c1OCCNCC(C)(C)S. The Hall–Kier alpha value is -1.07. The van der Waals surface area contributed by atoms with Crippen molar-refractivity contribution in [3.63, 3.8) is 0 Å². The first kappa shape index (κ1) is 16.0. The molecule has 19 heavy (non-hydrogen) atoms. The summed E-state index contributed by atoms with van der Waals surface area (Å²) >= 11 is 4.45. The lowest BCUT2D eigenvalue weighted by Crippen LogP contribution is -2.32. The standard InChI is InChI=1S/C14H23NO3S/c1-14(2,19)10-15-8-9-18-13-11(16-3)6-5-7-12(13)17-4/h5-7,15,19H,8-10H2,1-4H3. The molecule has 4 nitrogen and oxygen atoms in total. The second kappa shape index (κ2) is 7.50. The van der Waals surface area contributed by atoms with Gasteiger partial charge in [-0.2, -0.15) is 12.6 Å². The van der Waals surface area contributed by atoms with E-state index in [1.807, 2.05) is 18.2 Å². The second-order valence-corrected chi connectivity index (χ2v) is 6.04. The van der Waals surface area contributed by atoms with E-state index in [1.165, 1.54) is 0 Å². The van der Waals surface area contributed by atoms with E-state index in [1.54, 1.807) is 14.2 Å². The van der Waals surface area contributed by atoms with Crippen LogP contribution in [0.15, 0.2) is 18.2 Å².